The molecule has 5 heteroatoms. The SMILES string of the molecule is COc1ccc([C@H]2CCC[C@H]3[C@@H]4C[C@@H](CN(C(=O)C5CCN(C)CC5)C4)CN23)cc1. The Labute approximate surface area is 181 Å². The molecule has 0 spiro atoms. The molecule has 4 heterocycles. The van der Waals surface area contributed by atoms with Gasteiger partial charge in [-0.05, 0) is 88.2 Å². The van der Waals surface area contributed by atoms with Crippen molar-refractivity contribution in [2.75, 3.05) is 46.9 Å². The van der Waals surface area contributed by atoms with Crippen LogP contribution in [0.1, 0.15) is 50.1 Å². The molecular weight excluding hydrogens is 374 g/mol. The number of methoxy groups -OCH3 is 1. The molecule has 0 saturated carbocycles. The second-order valence-electron chi connectivity index (χ2n) is 10.2. The van der Waals surface area contributed by atoms with Crippen molar-refractivity contribution in [3.05, 3.63) is 29.8 Å². The predicted molar refractivity (Wildman–Crippen MR) is 118 cm³/mol. The van der Waals surface area contributed by atoms with Crippen LogP contribution in [0.3, 0.4) is 0 Å². The van der Waals surface area contributed by atoms with E-state index in [0.717, 1.165) is 51.3 Å². The molecule has 1 aromatic rings. The smallest absolute Gasteiger partial charge is 0.225 e. The zero-order chi connectivity index (χ0) is 20.7. The summed E-state index contributed by atoms with van der Waals surface area (Å²) in [6.07, 6.45) is 7.23. The van der Waals surface area contributed by atoms with Crippen LogP contribution in [0.2, 0.25) is 0 Å². The lowest BCUT2D eigenvalue weighted by atomic mass is 9.73. The number of fused-ring (bicyclic) bond motifs is 4. The predicted octanol–water partition coefficient (Wildman–Crippen LogP) is 3.41. The summed E-state index contributed by atoms with van der Waals surface area (Å²) in [4.78, 5) is 20.7. The molecule has 0 radical (unpaired) electrons. The Kier molecular flexibility index (Phi) is 5.76. The summed E-state index contributed by atoms with van der Waals surface area (Å²) in [6.45, 7) is 5.24. The lowest BCUT2D eigenvalue weighted by Crippen LogP contribution is -2.61. The highest BCUT2D eigenvalue weighted by atomic mass is 16.5. The molecule has 4 atom stereocenters. The normalized spacial score (nSPS) is 33.2. The topological polar surface area (TPSA) is 36.0 Å². The first kappa shape index (κ1) is 20.3. The summed E-state index contributed by atoms with van der Waals surface area (Å²) in [7, 11) is 3.90. The molecule has 4 aliphatic rings. The van der Waals surface area contributed by atoms with E-state index in [0.29, 0.717) is 29.8 Å². The number of piperidine rings is 4. The summed E-state index contributed by atoms with van der Waals surface area (Å²) in [5.74, 6) is 2.93. The van der Waals surface area contributed by atoms with Crippen LogP contribution >= 0.6 is 0 Å². The van der Waals surface area contributed by atoms with E-state index in [1.165, 1.54) is 31.2 Å². The van der Waals surface area contributed by atoms with E-state index < -0.39 is 0 Å². The number of hydrogen-bond acceptors (Lipinski definition) is 4. The number of likely N-dealkylation sites (tertiary alicyclic amines) is 2. The third-order valence-corrected chi connectivity index (χ3v) is 8.27. The van der Waals surface area contributed by atoms with Crippen LogP contribution in [0.15, 0.2) is 24.3 Å². The standard InChI is InChI=1S/C25H37N3O2/c1-26-12-10-20(11-13-26)25(29)27-15-18-14-21(17-27)24-5-3-4-23(28(24)16-18)19-6-8-22(30-2)9-7-19/h6-9,18,20-21,23-24H,3-5,10-17H2,1-2H3/t18-,21+,23+,24-/m0/s1. The van der Waals surface area contributed by atoms with E-state index in [2.05, 4.69) is 46.0 Å². The van der Waals surface area contributed by atoms with Gasteiger partial charge >= 0.3 is 0 Å². The Hall–Kier alpha value is -1.59. The fourth-order valence-electron chi connectivity index (χ4n) is 6.69. The van der Waals surface area contributed by atoms with Crippen molar-refractivity contribution >= 4 is 5.91 Å². The third kappa shape index (κ3) is 3.87. The van der Waals surface area contributed by atoms with Gasteiger partial charge in [0, 0.05) is 37.6 Å². The first-order valence-corrected chi connectivity index (χ1v) is 12.0. The Morgan fingerprint density at radius 3 is 2.50 bits per heavy atom. The van der Waals surface area contributed by atoms with E-state index in [-0.39, 0.29) is 5.92 Å². The molecule has 1 aromatic carbocycles. The van der Waals surface area contributed by atoms with Crippen LogP contribution in [0.25, 0.3) is 0 Å². The van der Waals surface area contributed by atoms with Crippen molar-refractivity contribution in [3.63, 3.8) is 0 Å². The molecule has 2 bridgehead atoms. The Balaban J connectivity index is 1.28. The van der Waals surface area contributed by atoms with Crippen LogP contribution in [-0.2, 0) is 4.79 Å². The maximum atomic E-state index is 13.3. The largest absolute Gasteiger partial charge is 0.497 e. The fourth-order valence-corrected chi connectivity index (χ4v) is 6.69. The van der Waals surface area contributed by atoms with Crippen LogP contribution in [0.4, 0.5) is 0 Å². The van der Waals surface area contributed by atoms with Crippen LogP contribution in [0, 0.1) is 17.8 Å². The highest BCUT2D eigenvalue weighted by Crippen LogP contribution is 2.44. The summed E-state index contributed by atoms with van der Waals surface area (Å²) in [5.41, 5.74) is 1.43. The molecule has 164 valence electrons. The van der Waals surface area contributed by atoms with Crippen LogP contribution in [0.5, 0.6) is 5.75 Å². The minimum Gasteiger partial charge on any atom is -0.497 e. The van der Waals surface area contributed by atoms with Crippen molar-refractivity contribution in [1.29, 1.82) is 0 Å². The van der Waals surface area contributed by atoms with E-state index in [4.69, 9.17) is 4.74 Å². The molecule has 4 fully saturated rings. The number of ether oxygens (including phenoxy) is 1. The maximum absolute atomic E-state index is 13.3. The second kappa shape index (κ2) is 8.51. The van der Waals surface area contributed by atoms with Gasteiger partial charge in [0.05, 0.1) is 7.11 Å². The molecule has 5 nitrogen and oxygen atoms in total. The van der Waals surface area contributed by atoms with Crippen molar-refractivity contribution in [1.82, 2.24) is 14.7 Å². The van der Waals surface area contributed by atoms with Gasteiger partial charge in [-0.1, -0.05) is 12.1 Å². The first-order chi connectivity index (χ1) is 14.6. The molecule has 0 unspecified atom stereocenters. The van der Waals surface area contributed by atoms with Gasteiger partial charge in [0.25, 0.3) is 0 Å². The molecule has 0 aromatic heterocycles. The zero-order valence-electron chi connectivity index (χ0n) is 18.6. The van der Waals surface area contributed by atoms with Crippen LogP contribution in [-0.4, -0.2) is 73.5 Å². The quantitative estimate of drug-likeness (QED) is 0.764. The van der Waals surface area contributed by atoms with Gasteiger partial charge in [0.1, 0.15) is 5.75 Å². The van der Waals surface area contributed by atoms with Crippen molar-refractivity contribution in [2.24, 2.45) is 17.8 Å². The van der Waals surface area contributed by atoms with Crippen molar-refractivity contribution in [3.8, 4) is 5.75 Å². The number of amides is 1. The molecule has 4 aliphatic heterocycles. The molecular formula is C25H37N3O2. The average Bonchev–Trinajstić information content (AvgIpc) is 2.79. The summed E-state index contributed by atoms with van der Waals surface area (Å²) >= 11 is 0. The lowest BCUT2D eigenvalue weighted by molar-refractivity contribution is -0.144. The molecule has 1 amide bonds. The van der Waals surface area contributed by atoms with E-state index in [1.807, 2.05) is 0 Å². The molecule has 0 N–H and O–H groups in total. The monoisotopic (exact) mass is 411 g/mol. The summed E-state index contributed by atoms with van der Waals surface area (Å²) in [5, 5.41) is 0. The first-order valence-electron chi connectivity index (χ1n) is 12.0. The van der Waals surface area contributed by atoms with Gasteiger partial charge in [0.2, 0.25) is 5.91 Å². The number of carbonyl (C=O) groups is 1. The summed E-state index contributed by atoms with van der Waals surface area (Å²) in [6, 6.07) is 9.88. The highest BCUT2D eigenvalue weighted by Gasteiger charge is 2.46. The van der Waals surface area contributed by atoms with Crippen molar-refractivity contribution < 1.29 is 9.53 Å². The number of rotatable bonds is 3. The molecule has 4 saturated heterocycles. The Morgan fingerprint density at radius 2 is 1.77 bits per heavy atom. The van der Waals surface area contributed by atoms with Gasteiger partial charge in [-0.3, -0.25) is 9.69 Å². The minimum absolute atomic E-state index is 0.259. The number of nitrogens with zero attached hydrogens (tertiary/aromatic N) is 3. The Bertz CT molecular complexity index is 743. The minimum atomic E-state index is 0.259. The number of hydrogen-bond donors (Lipinski definition) is 0. The zero-order valence-corrected chi connectivity index (χ0v) is 18.6. The van der Waals surface area contributed by atoms with E-state index >= 15 is 0 Å². The molecule has 5 rings (SSSR count). The van der Waals surface area contributed by atoms with E-state index in [9.17, 15) is 4.79 Å². The van der Waals surface area contributed by atoms with Gasteiger partial charge in [-0.15, -0.1) is 0 Å². The maximum Gasteiger partial charge on any atom is 0.225 e. The number of benzene rings is 1. The third-order valence-electron chi connectivity index (χ3n) is 8.27. The molecule has 30 heavy (non-hydrogen) atoms. The van der Waals surface area contributed by atoms with Gasteiger partial charge < -0.3 is 14.5 Å². The van der Waals surface area contributed by atoms with Crippen molar-refractivity contribution in [2.45, 2.75) is 50.6 Å². The van der Waals surface area contributed by atoms with Gasteiger partial charge in [0.15, 0.2) is 0 Å². The average molecular weight is 412 g/mol. The highest BCUT2D eigenvalue weighted by molar-refractivity contribution is 5.79. The molecule has 0 aliphatic carbocycles. The number of carbonyl (C=O) groups excluding carboxylic acids is 1. The Morgan fingerprint density at radius 1 is 1.00 bits per heavy atom. The van der Waals surface area contributed by atoms with E-state index in [1.54, 1.807) is 7.11 Å². The lowest BCUT2D eigenvalue weighted by Gasteiger charge is -2.55. The summed E-state index contributed by atoms with van der Waals surface area (Å²) < 4.78 is 5.36. The fraction of sp³-hybridized carbons (Fsp3) is 0.720. The van der Waals surface area contributed by atoms with Crippen LogP contribution < -0.4 is 4.74 Å². The second-order valence-corrected chi connectivity index (χ2v) is 10.2. The van der Waals surface area contributed by atoms with Gasteiger partial charge in [-0.25, -0.2) is 0 Å². The van der Waals surface area contributed by atoms with Gasteiger partial charge in [-0.2, -0.15) is 0 Å².